The van der Waals surface area contributed by atoms with Crippen LogP contribution in [0, 0.1) is 0 Å². The van der Waals surface area contributed by atoms with E-state index >= 15 is 0 Å². The number of unbranched alkanes of at least 4 members (excludes halogenated alkanes) is 3. The molecule has 0 aliphatic carbocycles. The standard InChI is InChI=1S/C8H16O2.H2O/c1-2-3-4-5-6-8(10)7-9;/h7-8,10H,2-6H2,1H3;1H2. The van der Waals surface area contributed by atoms with Crippen molar-refractivity contribution >= 4 is 6.29 Å². The smallest absolute Gasteiger partial charge is 0.148 e. The van der Waals surface area contributed by atoms with E-state index in [-0.39, 0.29) is 5.48 Å². The molecule has 0 aliphatic rings. The SMILES string of the molecule is CCCCCCC(O)C=O.O. The van der Waals surface area contributed by atoms with Crippen LogP contribution in [0.3, 0.4) is 0 Å². The van der Waals surface area contributed by atoms with Gasteiger partial charge < -0.3 is 15.4 Å². The number of hydrogen-bond donors (Lipinski definition) is 1. The van der Waals surface area contributed by atoms with E-state index in [1.165, 1.54) is 12.8 Å². The lowest BCUT2D eigenvalue weighted by molar-refractivity contribution is -0.115. The Morgan fingerprint density at radius 3 is 2.45 bits per heavy atom. The van der Waals surface area contributed by atoms with Crippen LogP contribution in [-0.2, 0) is 4.79 Å². The molecule has 3 N–H and O–H groups in total. The molecule has 3 heteroatoms. The quantitative estimate of drug-likeness (QED) is 0.461. The van der Waals surface area contributed by atoms with Crippen molar-refractivity contribution in [3.63, 3.8) is 0 Å². The molecule has 1 unspecified atom stereocenters. The van der Waals surface area contributed by atoms with Gasteiger partial charge in [-0.3, -0.25) is 0 Å². The van der Waals surface area contributed by atoms with Gasteiger partial charge in [0, 0.05) is 0 Å². The van der Waals surface area contributed by atoms with Crippen molar-refractivity contribution in [2.75, 3.05) is 0 Å². The topological polar surface area (TPSA) is 68.8 Å². The first-order valence-corrected chi connectivity index (χ1v) is 3.94. The van der Waals surface area contributed by atoms with E-state index in [9.17, 15) is 4.79 Å². The Balaban J connectivity index is 0. The monoisotopic (exact) mass is 162 g/mol. The summed E-state index contributed by atoms with van der Waals surface area (Å²) in [5, 5.41) is 8.79. The maximum atomic E-state index is 9.92. The van der Waals surface area contributed by atoms with Crippen LogP contribution >= 0.6 is 0 Å². The molecule has 0 rings (SSSR count). The van der Waals surface area contributed by atoms with Gasteiger partial charge in [-0.25, -0.2) is 0 Å². The van der Waals surface area contributed by atoms with Crippen molar-refractivity contribution in [1.82, 2.24) is 0 Å². The lowest BCUT2D eigenvalue weighted by atomic mass is 10.1. The van der Waals surface area contributed by atoms with Gasteiger partial charge in [0.25, 0.3) is 0 Å². The molecule has 0 amide bonds. The zero-order valence-corrected chi connectivity index (χ0v) is 7.05. The molecule has 0 fully saturated rings. The number of hydrogen-bond acceptors (Lipinski definition) is 2. The number of aliphatic hydroxyl groups is 1. The highest BCUT2D eigenvalue weighted by Gasteiger charge is 1.98. The predicted molar refractivity (Wildman–Crippen MR) is 44.4 cm³/mol. The Kier molecular flexibility index (Phi) is 11.5. The maximum absolute atomic E-state index is 9.92. The second-order valence-corrected chi connectivity index (χ2v) is 2.55. The molecule has 0 aliphatic heterocycles. The Morgan fingerprint density at radius 2 is 2.00 bits per heavy atom. The molecule has 11 heavy (non-hydrogen) atoms. The van der Waals surface area contributed by atoms with Crippen molar-refractivity contribution in [3.8, 4) is 0 Å². The van der Waals surface area contributed by atoms with Gasteiger partial charge in [0.15, 0.2) is 0 Å². The second kappa shape index (κ2) is 9.59. The highest BCUT2D eigenvalue weighted by atomic mass is 16.3. The number of aldehydes is 1. The van der Waals surface area contributed by atoms with Crippen LogP contribution in [0.25, 0.3) is 0 Å². The largest absolute Gasteiger partial charge is 0.412 e. The predicted octanol–water partition coefficient (Wildman–Crippen LogP) is 0.692. The van der Waals surface area contributed by atoms with Crippen LogP contribution < -0.4 is 0 Å². The fraction of sp³-hybridized carbons (Fsp3) is 0.875. The summed E-state index contributed by atoms with van der Waals surface area (Å²) in [7, 11) is 0. The van der Waals surface area contributed by atoms with E-state index in [0.717, 1.165) is 12.8 Å². The van der Waals surface area contributed by atoms with Crippen LogP contribution in [0.15, 0.2) is 0 Å². The normalized spacial score (nSPS) is 11.8. The van der Waals surface area contributed by atoms with Crippen molar-refractivity contribution in [2.24, 2.45) is 0 Å². The molecule has 1 atom stereocenters. The van der Waals surface area contributed by atoms with Crippen LogP contribution in [0.4, 0.5) is 0 Å². The second-order valence-electron chi connectivity index (χ2n) is 2.55. The summed E-state index contributed by atoms with van der Waals surface area (Å²) < 4.78 is 0. The molecule has 0 spiro atoms. The van der Waals surface area contributed by atoms with Crippen molar-refractivity contribution in [1.29, 1.82) is 0 Å². The Labute approximate surface area is 67.7 Å². The van der Waals surface area contributed by atoms with Crippen molar-refractivity contribution in [3.05, 3.63) is 0 Å². The molecule has 0 aromatic carbocycles. The average molecular weight is 162 g/mol. The Morgan fingerprint density at radius 1 is 1.36 bits per heavy atom. The number of carbonyl (C=O) groups is 1. The van der Waals surface area contributed by atoms with Crippen LogP contribution in [0.1, 0.15) is 39.0 Å². The first kappa shape index (κ1) is 13.2. The van der Waals surface area contributed by atoms with E-state index < -0.39 is 6.10 Å². The molecule has 0 radical (unpaired) electrons. The van der Waals surface area contributed by atoms with Crippen LogP contribution in [-0.4, -0.2) is 23.0 Å². The van der Waals surface area contributed by atoms with Gasteiger partial charge in [0.2, 0.25) is 0 Å². The molecule has 68 valence electrons. The van der Waals surface area contributed by atoms with E-state index in [4.69, 9.17) is 5.11 Å². The summed E-state index contributed by atoms with van der Waals surface area (Å²) >= 11 is 0. The molecule has 0 saturated carbocycles. The number of rotatable bonds is 6. The molecular weight excluding hydrogens is 144 g/mol. The third-order valence-corrected chi connectivity index (χ3v) is 1.51. The first-order chi connectivity index (χ1) is 4.81. The van der Waals surface area contributed by atoms with E-state index in [1.807, 2.05) is 0 Å². The minimum absolute atomic E-state index is 0. The summed E-state index contributed by atoms with van der Waals surface area (Å²) in [5.74, 6) is 0. The first-order valence-electron chi connectivity index (χ1n) is 3.94. The van der Waals surface area contributed by atoms with E-state index in [2.05, 4.69) is 6.92 Å². The van der Waals surface area contributed by atoms with Gasteiger partial charge in [-0.05, 0) is 6.42 Å². The highest BCUT2D eigenvalue weighted by molar-refractivity contribution is 5.55. The lowest BCUT2D eigenvalue weighted by Gasteiger charge is -2.00. The highest BCUT2D eigenvalue weighted by Crippen LogP contribution is 2.03. The maximum Gasteiger partial charge on any atom is 0.148 e. The third kappa shape index (κ3) is 9.59. The van der Waals surface area contributed by atoms with Crippen molar-refractivity contribution in [2.45, 2.75) is 45.1 Å². The molecule has 0 aromatic heterocycles. The summed E-state index contributed by atoms with van der Waals surface area (Å²) in [6.07, 6.45) is 4.99. The summed E-state index contributed by atoms with van der Waals surface area (Å²) in [6, 6.07) is 0. The number of aliphatic hydroxyl groups excluding tert-OH is 1. The van der Waals surface area contributed by atoms with E-state index in [0.29, 0.717) is 12.7 Å². The molecule has 0 aromatic rings. The van der Waals surface area contributed by atoms with Gasteiger partial charge in [-0.2, -0.15) is 0 Å². The average Bonchev–Trinajstić information content (AvgIpc) is 1.98. The summed E-state index contributed by atoms with van der Waals surface area (Å²) in [5.41, 5.74) is 0. The lowest BCUT2D eigenvalue weighted by Crippen LogP contribution is -2.06. The zero-order valence-electron chi connectivity index (χ0n) is 7.05. The Bertz CT molecular complexity index is 83.4. The summed E-state index contributed by atoms with van der Waals surface area (Å²) in [4.78, 5) is 9.92. The molecular formula is C8H18O3. The third-order valence-electron chi connectivity index (χ3n) is 1.51. The fourth-order valence-electron chi connectivity index (χ4n) is 0.848. The zero-order chi connectivity index (χ0) is 7.82. The summed E-state index contributed by atoms with van der Waals surface area (Å²) in [6.45, 7) is 2.14. The number of carbonyl (C=O) groups excluding carboxylic acids is 1. The van der Waals surface area contributed by atoms with Crippen molar-refractivity contribution < 1.29 is 15.4 Å². The van der Waals surface area contributed by atoms with E-state index in [1.54, 1.807) is 0 Å². The van der Waals surface area contributed by atoms with Crippen LogP contribution in [0.5, 0.6) is 0 Å². The molecule has 0 bridgehead atoms. The molecule has 0 heterocycles. The minimum Gasteiger partial charge on any atom is -0.412 e. The Hall–Kier alpha value is -0.410. The van der Waals surface area contributed by atoms with Gasteiger partial charge in [0.05, 0.1) is 0 Å². The minimum atomic E-state index is -0.725. The molecule has 3 nitrogen and oxygen atoms in total. The fourth-order valence-corrected chi connectivity index (χ4v) is 0.848. The van der Waals surface area contributed by atoms with Gasteiger partial charge >= 0.3 is 0 Å². The van der Waals surface area contributed by atoms with Gasteiger partial charge in [-0.15, -0.1) is 0 Å². The van der Waals surface area contributed by atoms with Gasteiger partial charge in [-0.1, -0.05) is 32.6 Å². The molecule has 0 saturated heterocycles. The van der Waals surface area contributed by atoms with Crippen LogP contribution in [0.2, 0.25) is 0 Å². The van der Waals surface area contributed by atoms with Gasteiger partial charge in [0.1, 0.15) is 12.4 Å².